The molecule has 2 heterocycles. The maximum atomic E-state index is 12.3. The number of carbonyl (C=O) groups is 1. The normalized spacial score (nSPS) is 22.5. The zero-order valence-corrected chi connectivity index (χ0v) is 14.6. The van der Waals surface area contributed by atoms with E-state index in [0.29, 0.717) is 19.0 Å². The first-order valence-corrected chi connectivity index (χ1v) is 9.14. The van der Waals surface area contributed by atoms with E-state index in [4.69, 9.17) is 4.74 Å². The molecule has 3 rings (SSSR count). The molecule has 2 N–H and O–H groups in total. The van der Waals surface area contributed by atoms with Crippen molar-refractivity contribution in [3.05, 3.63) is 29.8 Å². The van der Waals surface area contributed by atoms with Gasteiger partial charge >= 0.3 is 0 Å². The summed E-state index contributed by atoms with van der Waals surface area (Å²) in [5, 5.41) is 6.55. The highest BCUT2D eigenvalue weighted by Crippen LogP contribution is 2.27. The molecule has 132 valence electrons. The molecule has 2 unspecified atom stereocenters. The molecular formula is C19H29N3O2. The number of ether oxygens (including phenoxy) is 1. The van der Waals surface area contributed by atoms with Gasteiger partial charge < -0.3 is 15.4 Å². The Hall–Kier alpha value is -1.59. The van der Waals surface area contributed by atoms with Crippen molar-refractivity contribution in [3.8, 4) is 5.75 Å². The van der Waals surface area contributed by atoms with Crippen molar-refractivity contribution in [3.63, 3.8) is 0 Å². The molecule has 1 amide bonds. The largest absolute Gasteiger partial charge is 0.497 e. The number of hydrogen-bond acceptors (Lipinski definition) is 4. The summed E-state index contributed by atoms with van der Waals surface area (Å²) in [5.41, 5.74) is 1.22. The average molecular weight is 331 g/mol. The molecule has 0 spiro atoms. The summed E-state index contributed by atoms with van der Waals surface area (Å²) < 4.78 is 5.37. The second kappa shape index (κ2) is 8.49. The van der Waals surface area contributed by atoms with Crippen LogP contribution in [0.25, 0.3) is 0 Å². The van der Waals surface area contributed by atoms with Gasteiger partial charge in [-0.25, -0.2) is 0 Å². The number of likely N-dealkylation sites (tertiary alicyclic amines) is 1. The van der Waals surface area contributed by atoms with Crippen molar-refractivity contribution in [1.82, 2.24) is 15.5 Å². The molecule has 0 aliphatic carbocycles. The number of carbonyl (C=O) groups excluding carboxylic acids is 1. The number of nitrogens with zero attached hydrogens (tertiary/aromatic N) is 1. The highest BCUT2D eigenvalue weighted by atomic mass is 16.5. The number of rotatable bonds is 7. The van der Waals surface area contributed by atoms with Crippen molar-refractivity contribution in [1.29, 1.82) is 0 Å². The van der Waals surface area contributed by atoms with Crippen LogP contribution in [0.4, 0.5) is 0 Å². The molecule has 2 fully saturated rings. The Bertz CT molecular complexity index is 537. The Morgan fingerprint density at radius 1 is 1.38 bits per heavy atom. The SMILES string of the molecule is COc1cccc(C(CNC(=O)CC2CCCN2)N2CCCC2)c1. The standard InChI is InChI=1S/C19H29N3O2/c1-24-17-8-4-6-15(12-17)18(22-10-2-3-11-22)14-21-19(23)13-16-7-5-9-20-16/h4,6,8,12,16,18,20H,2-3,5,7,9-11,13-14H2,1H3,(H,21,23). The molecule has 0 bridgehead atoms. The summed E-state index contributed by atoms with van der Waals surface area (Å²) in [6.45, 7) is 3.90. The number of hydrogen-bond donors (Lipinski definition) is 2. The van der Waals surface area contributed by atoms with Crippen molar-refractivity contribution in [2.75, 3.05) is 33.3 Å². The second-order valence-electron chi connectivity index (χ2n) is 6.84. The van der Waals surface area contributed by atoms with Crippen molar-refractivity contribution in [2.24, 2.45) is 0 Å². The lowest BCUT2D eigenvalue weighted by molar-refractivity contribution is -0.121. The third kappa shape index (κ3) is 4.48. The summed E-state index contributed by atoms with van der Waals surface area (Å²) in [6.07, 6.45) is 5.35. The molecule has 2 aliphatic rings. The first-order chi connectivity index (χ1) is 11.8. The van der Waals surface area contributed by atoms with E-state index in [1.165, 1.54) is 24.8 Å². The van der Waals surface area contributed by atoms with Gasteiger partial charge in [-0.05, 0) is 63.0 Å². The minimum Gasteiger partial charge on any atom is -0.497 e. The average Bonchev–Trinajstić information content (AvgIpc) is 3.29. The predicted octanol–water partition coefficient (Wildman–Crippen LogP) is 2.09. The fourth-order valence-electron chi connectivity index (χ4n) is 3.80. The van der Waals surface area contributed by atoms with E-state index in [0.717, 1.165) is 31.8 Å². The maximum absolute atomic E-state index is 12.3. The zero-order chi connectivity index (χ0) is 16.8. The van der Waals surface area contributed by atoms with Crippen LogP contribution in [0.1, 0.15) is 43.7 Å². The smallest absolute Gasteiger partial charge is 0.221 e. The van der Waals surface area contributed by atoms with E-state index in [-0.39, 0.29) is 11.9 Å². The van der Waals surface area contributed by atoms with Gasteiger partial charge in [-0.2, -0.15) is 0 Å². The van der Waals surface area contributed by atoms with Gasteiger partial charge in [0, 0.05) is 19.0 Å². The molecule has 1 aromatic carbocycles. The van der Waals surface area contributed by atoms with E-state index >= 15 is 0 Å². The highest BCUT2D eigenvalue weighted by Gasteiger charge is 2.25. The van der Waals surface area contributed by atoms with E-state index in [1.807, 2.05) is 12.1 Å². The molecule has 24 heavy (non-hydrogen) atoms. The fraction of sp³-hybridized carbons (Fsp3) is 0.632. The molecule has 2 saturated heterocycles. The van der Waals surface area contributed by atoms with Crippen molar-refractivity contribution < 1.29 is 9.53 Å². The Morgan fingerprint density at radius 3 is 2.92 bits per heavy atom. The first kappa shape index (κ1) is 17.2. The summed E-state index contributed by atoms with van der Waals surface area (Å²) in [5.74, 6) is 1.03. The van der Waals surface area contributed by atoms with Gasteiger partial charge in [-0.3, -0.25) is 9.69 Å². The number of amides is 1. The van der Waals surface area contributed by atoms with Gasteiger partial charge in [0.25, 0.3) is 0 Å². The van der Waals surface area contributed by atoms with Gasteiger partial charge in [0.2, 0.25) is 5.91 Å². The molecule has 5 nitrogen and oxygen atoms in total. The molecule has 0 radical (unpaired) electrons. The van der Waals surface area contributed by atoms with Crippen LogP contribution < -0.4 is 15.4 Å². The first-order valence-electron chi connectivity index (χ1n) is 9.14. The van der Waals surface area contributed by atoms with Crippen LogP contribution in [0.2, 0.25) is 0 Å². The van der Waals surface area contributed by atoms with Crippen LogP contribution in [-0.2, 0) is 4.79 Å². The molecule has 5 heteroatoms. The Morgan fingerprint density at radius 2 is 2.21 bits per heavy atom. The highest BCUT2D eigenvalue weighted by molar-refractivity contribution is 5.76. The quantitative estimate of drug-likeness (QED) is 0.803. The topological polar surface area (TPSA) is 53.6 Å². The summed E-state index contributed by atoms with van der Waals surface area (Å²) in [4.78, 5) is 14.8. The van der Waals surface area contributed by atoms with Gasteiger partial charge in [0.15, 0.2) is 0 Å². The fourth-order valence-corrected chi connectivity index (χ4v) is 3.80. The monoisotopic (exact) mass is 331 g/mol. The third-order valence-electron chi connectivity index (χ3n) is 5.15. The molecule has 2 atom stereocenters. The lowest BCUT2D eigenvalue weighted by Crippen LogP contribution is -2.38. The molecular weight excluding hydrogens is 302 g/mol. The Labute approximate surface area is 144 Å². The lowest BCUT2D eigenvalue weighted by Gasteiger charge is -2.28. The molecule has 0 saturated carbocycles. The van der Waals surface area contributed by atoms with Gasteiger partial charge in [-0.15, -0.1) is 0 Å². The number of methoxy groups -OCH3 is 1. The molecule has 0 aromatic heterocycles. The third-order valence-corrected chi connectivity index (χ3v) is 5.15. The number of benzene rings is 1. The minimum atomic E-state index is 0.154. The van der Waals surface area contributed by atoms with Crippen molar-refractivity contribution >= 4 is 5.91 Å². The minimum absolute atomic E-state index is 0.154. The van der Waals surface area contributed by atoms with Gasteiger partial charge in [0.05, 0.1) is 13.2 Å². The second-order valence-corrected chi connectivity index (χ2v) is 6.84. The van der Waals surface area contributed by atoms with E-state index in [1.54, 1.807) is 7.11 Å². The summed E-state index contributed by atoms with van der Waals surface area (Å²) >= 11 is 0. The molecule has 2 aliphatic heterocycles. The van der Waals surface area contributed by atoms with Crippen LogP contribution in [0.3, 0.4) is 0 Å². The van der Waals surface area contributed by atoms with Crippen LogP contribution in [0, 0.1) is 0 Å². The summed E-state index contributed by atoms with van der Waals surface area (Å²) in [6, 6.07) is 8.80. The summed E-state index contributed by atoms with van der Waals surface area (Å²) in [7, 11) is 1.69. The van der Waals surface area contributed by atoms with Crippen LogP contribution in [0.5, 0.6) is 5.75 Å². The van der Waals surface area contributed by atoms with E-state index in [9.17, 15) is 4.79 Å². The Balaban J connectivity index is 1.62. The van der Waals surface area contributed by atoms with Crippen LogP contribution in [-0.4, -0.2) is 50.1 Å². The number of nitrogens with one attached hydrogen (secondary N) is 2. The maximum Gasteiger partial charge on any atom is 0.221 e. The Kier molecular flexibility index (Phi) is 6.10. The zero-order valence-electron chi connectivity index (χ0n) is 14.6. The van der Waals surface area contributed by atoms with Crippen molar-refractivity contribution in [2.45, 2.75) is 44.2 Å². The van der Waals surface area contributed by atoms with E-state index in [2.05, 4.69) is 27.7 Å². The lowest BCUT2D eigenvalue weighted by atomic mass is 10.0. The van der Waals surface area contributed by atoms with Gasteiger partial charge in [0.1, 0.15) is 5.75 Å². The molecule has 1 aromatic rings. The van der Waals surface area contributed by atoms with E-state index < -0.39 is 0 Å². The van der Waals surface area contributed by atoms with Crippen LogP contribution >= 0.6 is 0 Å². The predicted molar refractivity (Wildman–Crippen MR) is 95.2 cm³/mol. The van der Waals surface area contributed by atoms with Gasteiger partial charge in [-0.1, -0.05) is 12.1 Å². The van der Waals surface area contributed by atoms with Crippen LogP contribution in [0.15, 0.2) is 24.3 Å².